The zero-order valence-corrected chi connectivity index (χ0v) is 18.8. The first kappa shape index (κ1) is 23.3. The van der Waals surface area contributed by atoms with E-state index in [9.17, 15) is 4.79 Å². The summed E-state index contributed by atoms with van der Waals surface area (Å²) < 4.78 is 23.0. The van der Waals surface area contributed by atoms with E-state index in [4.69, 9.17) is 13.9 Å². The minimum atomic E-state index is -1.11. The average molecular weight is 387 g/mol. The molecule has 1 aliphatic heterocycles. The molecule has 0 amide bonds. The molecule has 1 rings (SSSR count). The molecule has 1 aliphatic rings. The van der Waals surface area contributed by atoms with Crippen LogP contribution >= 0.6 is 0 Å². The van der Waals surface area contributed by atoms with Crippen molar-refractivity contribution in [3.63, 3.8) is 0 Å². The van der Waals surface area contributed by atoms with Gasteiger partial charge in [0, 0.05) is 12.3 Å². The van der Waals surface area contributed by atoms with Crippen LogP contribution < -0.4 is 0 Å². The average Bonchev–Trinajstić information content (AvgIpc) is 2.56. The van der Waals surface area contributed by atoms with Crippen LogP contribution in [-0.2, 0) is 23.4 Å². The molecule has 0 bridgehead atoms. The second-order valence-electron chi connectivity index (χ2n) is 8.64. The lowest BCUT2D eigenvalue weighted by Crippen LogP contribution is -2.54. The number of carbonyl (C=O) groups is 1. The third kappa shape index (κ3) is 8.33. The number of methoxy groups -OCH3 is 1. The number of allylic oxidation sites excluding steroid dienone is 2. The highest BCUT2D eigenvalue weighted by Gasteiger charge is 2.44. The molecule has 0 unspecified atom stereocenters. The summed E-state index contributed by atoms with van der Waals surface area (Å²) in [6.45, 7) is 14.1. The van der Waals surface area contributed by atoms with Crippen LogP contribution in [0.5, 0.6) is 0 Å². The number of hydrogen-bond donors (Lipinski definition) is 0. The lowest BCUT2D eigenvalue weighted by Gasteiger charge is -2.47. The molecular weight excluding hydrogens is 348 g/mol. The van der Waals surface area contributed by atoms with Crippen molar-refractivity contribution in [2.75, 3.05) is 20.3 Å². The van der Waals surface area contributed by atoms with Crippen molar-refractivity contribution in [2.24, 2.45) is 11.3 Å². The molecular formula is C20H38O5Si. The third-order valence-electron chi connectivity index (χ3n) is 4.52. The van der Waals surface area contributed by atoms with Crippen LogP contribution in [0.4, 0.5) is 0 Å². The molecule has 152 valence electrons. The fourth-order valence-corrected chi connectivity index (χ4v) is 3.73. The summed E-state index contributed by atoms with van der Waals surface area (Å²) in [6, 6.07) is 0. The maximum Gasteiger partial charge on any atom is 0.305 e. The Kier molecular flexibility index (Phi) is 9.51. The summed E-state index contributed by atoms with van der Waals surface area (Å²) in [5.74, 6) is -0.488. The molecule has 1 heterocycles. The number of rotatable bonds is 9. The van der Waals surface area contributed by atoms with E-state index >= 15 is 0 Å². The van der Waals surface area contributed by atoms with Crippen molar-refractivity contribution < 1.29 is 23.4 Å². The minimum Gasteiger partial charge on any atom is -0.469 e. The number of carbonyl (C=O) groups excluding carboxylic acids is 1. The summed E-state index contributed by atoms with van der Waals surface area (Å²) in [5, 5.41) is 0. The summed E-state index contributed by atoms with van der Waals surface area (Å²) in [6.07, 6.45) is 7.52. The molecule has 1 fully saturated rings. The highest BCUT2D eigenvalue weighted by Crippen LogP contribution is 2.38. The molecule has 3 atom stereocenters. The van der Waals surface area contributed by atoms with Gasteiger partial charge in [-0.15, -0.1) is 0 Å². The van der Waals surface area contributed by atoms with Gasteiger partial charge in [0.15, 0.2) is 14.8 Å². The lowest BCUT2D eigenvalue weighted by molar-refractivity contribution is -0.327. The van der Waals surface area contributed by atoms with Gasteiger partial charge in [0.2, 0.25) is 0 Å². The Morgan fingerprint density at radius 2 is 2.00 bits per heavy atom. The topological polar surface area (TPSA) is 54.0 Å². The van der Waals surface area contributed by atoms with Crippen LogP contribution in [0.25, 0.3) is 0 Å². The van der Waals surface area contributed by atoms with Gasteiger partial charge < -0.3 is 18.6 Å². The van der Waals surface area contributed by atoms with Gasteiger partial charge in [-0.2, -0.15) is 0 Å². The minimum absolute atomic E-state index is 0.0314. The molecule has 5 nitrogen and oxygen atoms in total. The van der Waals surface area contributed by atoms with Gasteiger partial charge in [-0.3, -0.25) is 4.79 Å². The van der Waals surface area contributed by atoms with E-state index in [0.29, 0.717) is 25.6 Å². The third-order valence-corrected chi connectivity index (χ3v) is 5.36. The van der Waals surface area contributed by atoms with E-state index in [0.717, 1.165) is 19.3 Å². The predicted molar refractivity (Wildman–Crippen MR) is 107 cm³/mol. The maximum absolute atomic E-state index is 11.1. The molecule has 0 aliphatic carbocycles. The van der Waals surface area contributed by atoms with Gasteiger partial charge in [0.1, 0.15) is 0 Å². The van der Waals surface area contributed by atoms with Crippen molar-refractivity contribution in [3.8, 4) is 0 Å². The van der Waals surface area contributed by atoms with E-state index in [1.165, 1.54) is 7.11 Å². The highest BCUT2D eigenvalue weighted by atomic mass is 28.3. The molecule has 0 saturated carbocycles. The molecule has 0 radical (unpaired) electrons. The normalized spacial score (nSPS) is 27.2. The molecule has 0 aromatic heterocycles. The van der Waals surface area contributed by atoms with Crippen molar-refractivity contribution in [1.82, 2.24) is 0 Å². The van der Waals surface area contributed by atoms with Crippen molar-refractivity contribution in [2.45, 2.75) is 78.4 Å². The summed E-state index contributed by atoms with van der Waals surface area (Å²) in [7, 11) is 0.320. The van der Waals surface area contributed by atoms with Crippen LogP contribution in [0, 0.1) is 11.3 Å². The Morgan fingerprint density at radius 3 is 2.58 bits per heavy atom. The highest BCUT2D eigenvalue weighted by molar-refractivity contribution is 6.48. The van der Waals surface area contributed by atoms with Gasteiger partial charge >= 0.3 is 5.97 Å². The first-order chi connectivity index (χ1) is 12.1. The van der Waals surface area contributed by atoms with Gasteiger partial charge in [-0.05, 0) is 44.7 Å². The fourth-order valence-electron chi connectivity index (χ4n) is 3.09. The fraction of sp³-hybridized carbons (Fsp3) is 0.850. The van der Waals surface area contributed by atoms with Crippen LogP contribution in [0.3, 0.4) is 0 Å². The standard InChI is InChI=1S/C20H38O5Si/c1-19(2,3)18-16(12-10-8-9-11-13-17(21)22-5)14-23-20(4,25-18)15-24-26(6)7/h8,10,16,18,26H,9,11-15H2,1-7H3/t16-,18+,20+/m0/s1. The second-order valence-corrected chi connectivity index (χ2v) is 11.1. The Morgan fingerprint density at radius 1 is 1.31 bits per heavy atom. The molecule has 0 N–H and O–H groups in total. The van der Waals surface area contributed by atoms with E-state index in [2.05, 4.69) is 50.8 Å². The van der Waals surface area contributed by atoms with E-state index in [1.807, 2.05) is 6.92 Å². The van der Waals surface area contributed by atoms with Crippen LogP contribution in [-0.4, -0.2) is 47.2 Å². The van der Waals surface area contributed by atoms with Crippen LogP contribution in [0.2, 0.25) is 13.1 Å². The quantitative estimate of drug-likeness (QED) is 0.259. The summed E-state index contributed by atoms with van der Waals surface area (Å²) in [5.41, 5.74) is 0.0314. The Balaban J connectivity index is 2.56. The molecule has 0 aromatic rings. The number of ether oxygens (including phenoxy) is 3. The van der Waals surface area contributed by atoms with E-state index in [-0.39, 0.29) is 17.5 Å². The smallest absolute Gasteiger partial charge is 0.305 e. The monoisotopic (exact) mass is 386 g/mol. The number of unbranched alkanes of at least 4 members (excludes halogenated alkanes) is 1. The lowest BCUT2D eigenvalue weighted by atomic mass is 9.79. The number of esters is 1. The largest absolute Gasteiger partial charge is 0.469 e. The van der Waals surface area contributed by atoms with E-state index < -0.39 is 14.8 Å². The first-order valence-corrected chi connectivity index (χ1v) is 12.5. The maximum atomic E-state index is 11.1. The van der Waals surface area contributed by atoms with Gasteiger partial charge in [-0.25, -0.2) is 0 Å². The Hall–Kier alpha value is -0.693. The molecule has 0 aromatic carbocycles. The molecule has 26 heavy (non-hydrogen) atoms. The number of hydrogen-bond acceptors (Lipinski definition) is 5. The summed E-state index contributed by atoms with van der Waals surface area (Å²) in [4.78, 5) is 11.1. The van der Waals surface area contributed by atoms with Gasteiger partial charge in [0.25, 0.3) is 0 Å². The molecule has 1 saturated heterocycles. The Labute approximate surface area is 161 Å². The Bertz CT molecular complexity index is 458. The van der Waals surface area contributed by atoms with Gasteiger partial charge in [0.05, 0.1) is 26.4 Å². The first-order valence-electron chi connectivity index (χ1n) is 9.72. The SMILES string of the molecule is COC(=O)CCCC=CC[C@H]1CO[C@@](C)(CO[SiH](C)C)O[C@H]1C(C)(C)C. The predicted octanol–water partition coefficient (Wildman–Crippen LogP) is 4.07. The molecule has 0 spiro atoms. The zero-order chi connectivity index (χ0) is 19.8. The molecule has 6 heteroatoms. The van der Waals surface area contributed by atoms with Gasteiger partial charge in [-0.1, -0.05) is 32.9 Å². The van der Waals surface area contributed by atoms with Crippen molar-refractivity contribution in [1.29, 1.82) is 0 Å². The van der Waals surface area contributed by atoms with Crippen molar-refractivity contribution in [3.05, 3.63) is 12.2 Å². The summed E-state index contributed by atoms with van der Waals surface area (Å²) >= 11 is 0. The van der Waals surface area contributed by atoms with Crippen LogP contribution in [0.1, 0.15) is 53.4 Å². The van der Waals surface area contributed by atoms with Crippen LogP contribution in [0.15, 0.2) is 12.2 Å². The van der Waals surface area contributed by atoms with E-state index in [1.54, 1.807) is 0 Å². The zero-order valence-electron chi connectivity index (χ0n) is 17.7. The van der Waals surface area contributed by atoms with Crippen molar-refractivity contribution >= 4 is 15.0 Å². The second kappa shape index (κ2) is 10.6.